The van der Waals surface area contributed by atoms with Gasteiger partial charge in [-0.2, -0.15) is 5.26 Å². The van der Waals surface area contributed by atoms with Crippen molar-refractivity contribution < 1.29 is 0 Å². The van der Waals surface area contributed by atoms with Crippen LogP contribution >= 0.6 is 11.8 Å². The van der Waals surface area contributed by atoms with E-state index in [1.807, 2.05) is 42.7 Å². The lowest BCUT2D eigenvalue weighted by Crippen LogP contribution is -2.01. The molecule has 0 aliphatic carbocycles. The molecular weight excluding hydrogens is 230 g/mol. The first kappa shape index (κ1) is 11.6. The Labute approximate surface area is 105 Å². The van der Waals surface area contributed by atoms with Gasteiger partial charge in [0, 0.05) is 0 Å². The lowest BCUT2D eigenvalue weighted by Gasteiger charge is -2.09. The first-order valence-corrected chi connectivity index (χ1v) is 6.38. The summed E-state index contributed by atoms with van der Waals surface area (Å²) in [6.07, 6.45) is 3.46. The molecule has 0 amide bonds. The highest BCUT2D eigenvalue weighted by Gasteiger charge is 2.14. The summed E-state index contributed by atoms with van der Waals surface area (Å²) in [5.41, 5.74) is 1.71. The van der Waals surface area contributed by atoms with E-state index in [1.54, 1.807) is 11.8 Å². The third kappa shape index (κ3) is 2.63. The fraction of sp³-hybridized carbons (Fsp3) is 0.154. The predicted octanol–water partition coefficient (Wildman–Crippen LogP) is 2.85. The van der Waals surface area contributed by atoms with Crippen LogP contribution in [0.3, 0.4) is 0 Å². The first-order valence-electron chi connectivity index (χ1n) is 5.15. The Balaban J connectivity index is 2.40. The molecule has 17 heavy (non-hydrogen) atoms. The van der Waals surface area contributed by atoms with Crippen LogP contribution < -0.4 is 0 Å². The summed E-state index contributed by atoms with van der Waals surface area (Å²) >= 11 is 1.55. The third-order valence-corrected chi connectivity index (χ3v) is 3.07. The SMILES string of the molecule is CSc1cc(C(C#N)c2ccccc2)ncn1. The Morgan fingerprint density at radius 1 is 1.24 bits per heavy atom. The zero-order valence-corrected chi connectivity index (χ0v) is 10.2. The van der Waals surface area contributed by atoms with Crippen molar-refractivity contribution in [3.63, 3.8) is 0 Å². The number of hydrogen-bond donors (Lipinski definition) is 0. The second-order valence-electron chi connectivity index (χ2n) is 3.46. The zero-order chi connectivity index (χ0) is 12.1. The molecule has 0 aliphatic heterocycles. The number of hydrogen-bond acceptors (Lipinski definition) is 4. The summed E-state index contributed by atoms with van der Waals surface area (Å²) in [5, 5.41) is 10.2. The maximum absolute atomic E-state index is 9.28. The van der Waals surface area contributed by atoms with Gasteiger partial charge in [-0.15, -0.1) is 11.8 Å². The zero-order valence-electron chi connectivity index (χ0n) is 9.37. The van der Waals surface area contributed by atoms with Gasteiger partial charge in [0.25, 0.3) is 0 Å². The van der Waals surface area contributed by atoms with Crippen LogP contribution in [-0.2, 0) is 0 Å². The van der Waals surface area contributed by atoms with Crippen LogP contribution in [0.15, 0.2) is 47.8 Å². The monoisotopic (exact) mass is 241 g/mol. The van der Waals surface area contributed by atoms with Crippen molar-refractivity contribution >= 4 is 11.8 Å². The van der Waals surface area contributed by atoms with Gasteiger partial charge >= 0.3 is 0 Å². The molecule has 0 spiro atoms. The number of thioether (sulfide) groups is 1. The maximum Gasteiger partial charge on any atom is 0.117 e. The second kappa shape index (κ2) is 5.46. The van der Waals surface area contributed by atoms with E-state index in [-0.39, 0.29) is 5.92 Å². The van der Waals surface area contributed by atoms with Gasteiger partial charge in [-0.1, -0.05) is 30.3 Å². The van der Waals surface area contributed by atoms with Gasteiger partial charge in [0.1, 0.15) is 12.2 Å². The summed E-state index contributed by atoms with van der Waals surface area (Å²) in [4.78, 5) is 8.30. The van der Waals surface area contributed by atoms with Crippen LogP contribution in [-0.4, -0.2) is 16.2 Å². The van der Waals surface area contributed by atoms with Crippen LogP contribution in [0.2, 0.25) is 0 Å². The summed E-state index contributed by atoms with van der Waals surface area (Å²) in [7, 11) is 0. The smallest absolute Gasteiger partial charge is 0.117 e. The van der Waals surface area contributed by atoms with E-state index in [9.17, 15) is 5.26 Å². The molecule has 0 aliphatic rings. The summed E-state index contributed by atoms with van der Waals surface area (Å²) in [6.45, 7) is 0. The van der Waals surface area contributed by atoms with Crippen molar-refractivity contribution in [1.82, 2.24) is 9.97 Å². The maximum atomic E-state index is 9.28. The number of nitriles is 1. The quantitative estimate of drug-likeness (QED) is 0.612. The molecule has 84 valence electrons. The van der Waals surface area contributed by atoms with Gasteiger partial charge in [0.2, 0.25) is 0 Å². The third-order valence-electron chi connectivity index (χ3n) is 2.43. The Hall–Kier alpha value is -1.86. The van der Waals surface area contributed by atoms with Crippen LogP contribution in [0.4, 0.5) is 0 Å². The van der Waals surface area contributed by atoms with E-state index < -0.39 is 0 Å². The molecule has 4 heteroatoms. The van der Waals surface area contributed by atoms with Crippen molar-refractivity contribution in [3.05, 3.63) is 54.0 Å². The molecule has 1 aromatic heterocycles. The molecule has 2 aromatic rings. The minimum Gasteiger partial charge on any atom is -0.240 e. The molecule has 1 aromatic carbocycles. The average Bonchev–Trinajstić information content (AvgIpc) is 2.41. The number of benzene rings is 1. The normalized spacial score (nSPS) is 11.8. The standard InChI is InChI=1S/C13H11N3S/c1-17-13-7-12(15-9-16-13)11(8-14)10-5-3-2-4-6-10/h2-7,9,11H,1H3. The number of aromatic nitrogens is 2. The summed E-state index contributed by atoms with van der Waals surface area (Å²) in [5.74, 6) is -0.329. The molecule has 1 unspecified atom stereocenters. The Bertz CT molecular complexity index is 534. The van der Waals surface area contributed by atoms with Crippen LogP contribution in [0, 0.1) is 11.3 Å². The molecular formula is C13H11N3S. The lowest BCUT2D eigenvalue weighted by atomic mass is 9.97. The fourth-order valence-corrected chi connectivity index (χ4v) is 1.97. The van der Waals surface area contributed by atoms with Gasteiger partial charge in [-0.05, 0) is 17.9 Å². The highest BCUT2D eigenvalue weighted by atomic mass is 32.2. The van der Waals surface area contributed by atoms with E-state index >= 15 is 0 Å². The van der Waals surface area contributed by atoms with Crippen LogP contribution in [0.25, 0.3) is 0 Å². The predicted molar refractivity (Wildman–Crippen MR) is 67.7 cm³/mol. The van der Waals surface area contributed by atoms with E-state index in [1.165, 1.54) is 6.33 Å². The lowest BCUT2D eigenvalue weighted by molar-refractivity contribution is 0.909. The highest BCUT2D eigenvalue weighted by Crippen LogP contribution is 2.23. The van der Waals surface area contributed by atoms with Crippen LogP contribution in [0.5, 0.6) is 0 Å². The number of nitrogens with zero attached hydrogens (tertiary/aromatic N) is 3. The minimum atomic E-state index is -0.329. The Morgan fingerprint density at radius 2 is 2.00 bits per heavy atom. The van der Waals surface area contributed by atoms with Crippen LogP contribution in [0.1, 0.15) is 17.2 Å². The summed E-state index contributed by atoms with van der Waals surface area (Å²) < 4.78 is 0. The molecule has 0 bridgehead atoms. The topological polar surface area (TPSA) is 49.6 Å². The molecule has 3 nitrogen and oxygen atoms in total. The number of rotatable bonds is 3. The van der Waals surface area contributed by atoms with Crippen molar-refractivity contribution in [1.29, 1.82) is 5.26 Å². The molecule has 1 heterocycles. The summed E-state index contributed by atoms with van der Waals surface area (Å²) in [6, 6.07) is 13.8. The van der Waals surface area contributed by atoms with Crippen molar-refractivity contribution in [3.8, 4) is 6.07 Å². The second-order valence-corrected chi connectivity index (χ2v) is 4.28. The van der Waals surface area contributed by atoms with Crippen molar-refractivity contribution in [2.45, 2.75) is 10.9 Å². The Morgan fingerprint density at radius 3 is 2.65 bits per heavy atom. The van der Waals surface area contributed by atoms with Gasteiger partial charge in [-0.25, -0.2) is 9.97 Å². The van der Waals surface area contributed by atoms with E-state index in [0.29, 0.717) is 0 Å². The largest absolute Gasteiger partial charge is 0.240 e. The minimum absolute atomic E-state index is 0.329. The van der Waals surface area contributed by atoms with Gasteiger partial charge in [-0.3, -0.25) is 0 Å². The van der Waals surface area contributed by atoms with Gasteiger partial charge in [0.15, 0.2) is 0 Å². The van der Waals surface area contributed by atoms with Crippen molar-refractivity contribution in [2.24, 2.45) is 0 Å². The molecule has 0 N–H and O–H groups in total. The van der Waals surface area contributed by atoms with Crippen molar-refractivity contribution in [2.75, 3.05) is 6.26 Å². The Kier molecular flexibility index (Phi) is 3.73. The first-order chi connectivity index (χ1) is 8.35. The highest BCUT2D eigenvalue weighted by molar-refractivity contribution is 7.98. The fourth-order valence-electron chi connectivity index (χ4n) is 1.58. The molecule has 2 rings (SSSR count). The molecule has 0 saturated heterocycles. The average molecular weight is 241 g/mol. The molecule has 0 fully saturated rings. The van der Waals surface area contributed by atoms with Gasteiger partial charge in [0.05, 0.1) is 16.8 Å². The van der Waals surface area contributed by atoms with E-state index in [4.69, 9.17) is 0 Å². The van der Waals surface area contributed by atoms with Gasteiger partial charge < -0.3 is 0 Å². The van der Waals surface area contributed by atoms with E-state index in [0.717, 1.165) is 16.3 Å². The molecule has 1 atom stereocenters. The molecule has 0 radical (unpaired) electrons. The molecule has 0 saturated carbocycles. The van der Waals surface area contributed by atoms with E-state index in [2.05, 4.69) is 16.0 Å².